The predicted octanol–water partition coefficient (Wildman–Crippen LogP) is -0.159. The first-order valence-electron chi connectivity index (χ1n) is 2.90. The summed E-state index contributed by atoms with van der Waals surface area (Å²) in [6.07, 6.45) is 2.54. The zero-order valence-electron chi connectivity index (χ0n) is 5.28. The van der Waals surface area contributed by atoms with Gasteiger partial charge in [0.05, 0.1) is 0 Å². The van der Waals surface area contributed by atoms with E-state index >= 15 is 0 Å². The molecular weight excluding hydrogens is 150 g/mol. The highest BCUT2D eigenvalue weighted by Gasteiger charge is 2.21. The van der Waals surface area contributed by atoms with Crippen LogP contribution < -0.4 is 0 Å². The lowest BCUT2D eigenvalue weighted by Crippen LogP contribution is -2.31. The van der Waals surface area contributed by atoms with Crippen LogP contribution in [-0.4, -0.2) is 29.0 Å². The largest absolute Gasteiger partial charge is 0.275 e. The highest BCUT2D eigenvalue weighted by molar-refractivity contribution is 7.80. The van der Waals surface area contributed by atoms with E-state index in [1.807, 2.05) is 0 Å². The SMILES string of the molecule is O=C1C=CC(=O)N1CCS. The minimum absolute atomic E-state index is 0.237. The van der Waals surface area contributed by atoms with E-state index in [2.05, 4.69) is 12.6 Å². The van der Waals surface area contributed by atoms with Crippen molar-refractivity contribution in [3.05, 3.63) is 12.2 Å². The summed E-state index contributed by atoms with van der Waals surface area (Å²) in [5.41, 5.74) is 0. The Morgan fingerprint density at radius 2 is 1.80 bits per heavy atom. The number of hydrogen-bond donors (Lipinski definition) is 1. The van der Waals surface area contributed by atoms with Crippen LogP contribution in [0.1, 0.15) is 0 Å². The van der Waals surface area contributed by atoms with Crippen molar-refractivity contribution in [2.24, 2.45) is 0 Å². The van der Waals surface area contributed by atoms with Gasteiger partial charge in [-0.2, -0.15) is 12.6 Å². The van der Waals surface area contributed by atoms with Gasteiger partial charge in [-0.3, -0.25) is 14.5 Å². The van der Waals surface area contributed by atoms with Crippen LogP contribution in [0.2, 0.25) is 0 Å². The Balaban J connectivity index is 2.60. The Kier molecular flexibility index (Phi) is 2.11. The molecule has 0 atom stereocenters. The molecule has 4 heteroatoms. The molecule has 0 aromatic carbocycles. The van der Waals surface area contributed by atoms with Gasteiger partial charge >= 0.3 is 0 Å². The van der Waals surface area contributed by atoms with Crippen LogP contribution in [0.5, 0.6) is 0 Å². The second-order valence-corrected chi connectivity index (χ2v) is 2.33. The zero-order chi connectivity index (χ0) is 7.56. The van der Waals surface area contributed by atoms with E-state index in [-0.39, 0.29) is 11.8 Å². The fourth-order valence-electron chi connectivity index (χ4n) is 0.752. The standard InChI is InChI=1S/C6H7NO2S/c8-5-1-2-6(9)7(5)3-4-10/h1-2,10H,3-4H2. The van der Waals surface area contributed by atoms with Gasteiger partial charge in [0.2, 0.25) is 0 Å². The lowest BCUT2D eigenvalue weighted by molar-refractivity contribution is -0.136. The minimum Gasteiger partial charge on any atom is -0.275 e. The molecule has 10 heavy (non-hydrogen) atoms. The highest BCUT2D eigenvalue weighted by Crippen LogP contribution is 2.02. The Labute approximate surface area is 64.1 Å². The number of amides is 2. The third-order valence-corrected chi connectivity index (χ3v) is 1.42. The van der Waals surface area contributed by atoms with Crippen molar-refractivity contribution in [1.29, 1.82) is 0 Å². The number of carbonyl (C=O) groups excluding carboxylic acids is 2. The van der Waals surface area contributed by atoms with Gasteiger partial charge in [-0.1, -0.05) is 0 Å². The monoisotopic (exact) mass is 157 g/mol. The van der Waals surface area contributed by atoms with Gasteiger partial charge in [0.15, 0.2) is 0 Å². The zero-order valence-corrected chi connectivity index (χ0v) is 6.17. The molecular formula is C6H7NO2S. The number of hydrogen-bond acceptors (Lipinski definition) is 3. The summed E-state index contributed by atoms with van der Waals surface area (Å²) in [5.74, 6) is 0.0391. The molecule has 0 saturated heterocycles. The van der Waals surface area contributed by atoms with Gasteiger partial charge in [0.1, 0.15) is 0 Å². The maximum absolute atomic E-state index is 10.8. The quantitative estimate of drug-likeness (QED) is 0.447. The molecule has 0 unspecified atom stereocenters. The van der Waals surface area contributed by atoms with E-state index in [4.69, 9.17) is 0 Å². The van der Waals surface area contributed by atoms with E-state index in [0.717, 1.165) is 4.90 Å². The first-order chi connectivity index (χ1) is 4.75. The van der Waals surface area contributed by atoms with Gasteiger partial charge in [0.25, 0.3) is 11.8 Å². The van der Waals surface area contributed by atoms with Gasteiger partial charge in [0, 0.05) is 24.4 Å². The summed E-state index contributed by atoms with van der Waals surface area (Å²) in [4.78, 5) is 22.7. The van der Waals surface area contributed by atoms with Crippen molar-refractivity contribution in [1.82, 2.24) is 4.90 Å². The van der Waals surface area contributed by atoms with E-state index in [0.29, 0.717) is 12.3 Å². The molecule has 0 saturated carbocycles. The number of nitrogens with zero attached hydrogens (tertiary/aromatic N) is 1. The normalized spacial score (nSPS) is 17.1. The molecule has 1 heterocycles. The van der Waals surface area contributed by atoms with Crippen LogP contribution in [0.4, 0.5) is 0 Å². The average Bonchev–Trinajstić information content (AvgIpc) is 2.20. The number of imide groups is 1. The van der Waals surface area contributed by atoms with Crippen molar-refractivity contribution in [3.8, 4) is 0 Å². The first-order valence-corrected chi connectivity index (χ1v) is 3.53. The van der Waals surface area contributed by atoms with Crippen molar-refractivity contribution >= 4 is 24.4 Å². The fourth-order valence-corrected chi connectivity index (χ4v) is 0.952. The van der Waals surface area contributed by atoms with E-state index in [9.17, 15) is 9.59 Å². The second kappa shape index (κ2) is 2.88. The molecule has 54 valence electrons. The Hall–Kier alpha value is -0.770. The van der Waals surface area contributed by atoms with Crippen molar-refractivity contribution in [2.45, 2.75) is 0 Å². The maximum atomic E-state index is 10.8. The summed E-state index contributed by atoms with van der Waals surface area (Å²) in [5, 5.41) is 0. The number of carbonyl (C=O) groups is 2. The molecule has 0 bridgehead atoms. The molecule has 0 radical (unpaired) electrons. The molecule has 0 fully saturated rings. The highest BCUT2D eigenvalue weighted by atomic mass is 32.1. The molecule has 3 nitrogen and oxygen atoms in total. The van der Waals surface area contributed by atoms with Crippen LogP contribution in [-0.2, 0) is 9.59 Å². The minimum atomic E-state index is -0.237. The first kappa shape index (κ1) is 7.34. The fraction of sp³-hybridized carbons (Fsp3) is 0.333. The molecule has 1 aliphatic rings. The molecule has 0 aromatic heterocycles. The average molecular weight is 157 g/mol. The number of thiol groups is 1. The summed E-state index contributed by atoms with van der Waals surface area (Å²) in [6, 6.07) is 0. The molecule has 0 N–H and O–H groups in total. The third-order valence-electron chi connectivity index (χ3n) is 1.22. The smallest absolute Gasteiger partial charge is 0.253 e. The number of rotatable bonds is 2. The Morgan fingerprint density at radius 1 is 1.30 bits per heavy atom. The van der Waals surface area contributed by atoms with Gasteiger partial charge in [-0.05, 0) is 0 Å². The van der Waals surface area contributed by atoms with Crippen LogP contribution in [0.3, 0.4) is 0 Å². The molecule has 2 amide bonds. The molecule has 0 spiro atoms. The molecule has 1 aliphatic heterocycles. The van der Waals surface area contributed by atoms with E-state index in [1.165, 1.54) is 12.2 Å². The van der Waals surface area contributed by atoms with E-state index in [1.54, 1.807) is 0 Å². The van der Waals surface area contributed by atoms with Crippen LogP contribution >= 0.6 is 12.6 Å². The summed E-state index contributed by atoms with van der Waals surface area (Å²) in [7, 11) is 0. The summed E-state index contributed by atoms with van der Waals surface area (Å²) >= 11 is 3.90. The Morgan fingerprint density at radius 3 is 2.20 bits per heavy atom. The van der Waals surface area contributed by atoms with Crippen molar-refractivity contribution in [3.63, 3.8) is 0 Å². The van der Waals surface area contributed by atoms with Crippen molar-refractivity contribution < 1.29 is 9.59 Å². The van der Waals surface area contributed by atoms with E-state index < -0.39 is 0 Å². The molecule has 0 aliphatic carbocycles. The molecule has 1 rings (SSSR count). The van der Waals surface area contributed by atoms with Gasteiger partial charge in [-0.15, -0.1) is 0 Å². The maximum Gasteiger partial charge on any atom is 0.253 e. The summed E-state index contributed by atoms with van der Waals surface area (Å²) in [6.45, 7) is 0.397. The van der Waals surface area contributed by atoms with Crippen molar-refractivity contribution in [2.75, 3.05) is 12.3 Å². The molecule has 0 aromatic rings. The lowest BCUT2D eigenvalue weighted by Gasteiger charge is -2.10. The van der Waals surface area contributed by atoms with Gasteiger partial charge < -0.3 is 0 Å². The summed E-state index contributed by atoms with van der Waals surface area (Å²) < 4.78 is 0. The topological polar surface area (TPSA) is 37.4 Å². The lowest BCUT2D eigenvalue weighted by atomic mass is 10.5. The predicted molar refractivity (Wildman–Crippen MR) is 39.7 cm³/mol. The van der Waals surface area contributed by atoms with Gasteiger partial charge in [-0.25, -0.2) is 0 Å². The van der Waals surface area contributed by atoms with Crippen LogP contribution in [0.15, 0.2) is 12.2 Å². The van der Waals surface area contributed by atoms with Crippen LogP contribution in [0.25, 0.3) is 0 Å². The second-order valence-electron chi connectivity index (χ2n) is 1.89. The Bertz CT molecular complexity index is 182. The third kappa shape index (κ3) is 1.21. The van der Waals surface area contributed by atoms with Crippen LogP contribution in [0, 0.1) is 0 Å².